The summed E-state index contributed by atoms with van der Waals surface area (Å²) in [5.41, 5.74) is 0.929. The number of rotatable bonds is 6. The minimum Gasteiger partial charge on any atom is -0.872 e. The Morgan fingerprint density at radius 2 is 2.03 bits per heavy atom. The van der Waals surface area contributed by atoms with E-state index in [-0.39, 0.29) is 23.4 Å². The third-order valence-electron chi connectivity index (χ3n) is 5.25. The van der Waals surface area contributed by atoms with Crippen LogP contribution in [0.1, 0.15) is 39.1 Å². The molecule has 30 heavy (non-hydrogen) atoms. The lowest BCUT2D eigenvalue weighted by Gasteiger charge is -2.26. The second-order valence-corrected chi connectivity index (χ2v) is 7.56. The van der Waals surface area contributed by atoms with Crippen molar-refractivity contribution in [2.75, 3.05) is 34.3 Å². The zero-order valence-corrected chi connectivity index (χ0v) is 17.6. The zero-order valence-electron chi connectivity index (χ0n) is 17.6. The molecule has 2 N–H and O–H groups in total. The van der Waals surface area contributed by atoms with E-state index in [4.69, 9.17) is 9.15 Å². The van der Waals surface area contributed by atoms with Crippen molar-refractivity contribution in [1.82, 2.24) is 9.88 Å². The van der Waals surface area contributed by atoms with E-state index in [9.17, 15) is 19.5 Å². The minimum atomic E-state index is -0.915. The number of likely N-dealkylation sites (N-methyl/N-ethyl adjacent to an activating group) is 1. The molecule has 0 saturated carbocycles. The molecule has 3 heterocycles. The maximum atomic E-state index is 13.5. The third kappa shape index (κ3) is 3.52. The summed E-state index contributed by atoms with van der Waals surface area (Å²) in [6, 6.07) is 2.36. The summed E-state index contributed by atoms with van der Waals surface area (Å²) >= 11 is 0. The molecule has 0 spiro atoms. The summed E-state index contributed by atoms with van der Waals surface area (Å²) < 4.78 is 10.2. The number of H-pyrrole nitrogens is 1. The molecule has 1 atom stereocenters. The fourth-order valence-electron chi connectivity index (χ4n) is 3.72. The molecule has 0 bridgehead atoms. The molecule has 3 rings (SSSR count). The van der Waals surface area contributed by atoms with Gasteiger partial charge < -0.3 is 29.0 Å². The molecule has 2 aromatic rings. The Morgan fingerprint density at radius 3 is 2.60 bits per heavy atom. The van der Waals surface area contributed by atoms with Crippen molar-refractivity contribution < 1.29 is 33.5 Å². The van der Waals surface area contributed by atoms with E-state index >= 15 is 0 Å². The highest BCUT2D eigenvalue weighted by atomic mass is 16.5. The first kappa shape index (κ1) is 21.4. The van der Waals surface area contributed by atoms with Crippen LogP contribution < -0.4 is 10.0 Å². The lowest BCUT2D eigenvalue weighted by Crippen LogP contribution is -3.06. The Morgan fingerprint density at radius 1 is 1.33 bits per heavy atom. The molecule has 1 fully saturated rings. The molecule has 160 valence electrons. The predicted molar refractivity (Wildman–Crippen MR) is 104 cm³/mol. The number of hydrogen-bond acceptors (Lipinski definition) is 6. The lowest BCUT2D eigenvalue weighted by molar-refractivity contribution is -0.857. The van der Waals surface area contributed by atoms with Crippen LogP contribution in [0, 0.1) is 13.8 Å². The normalized spacial score (nSPS) is 18.5. The molecule has 1 aliphatic heterocycles. The SMILES string of the molecule is COC(=O)c1[nH]c(C)c(C([O-])=C2C(=O)C(=O)N(CC[NH+](C)C)C2c2ccco2)c1C. The molecule has 1 aliphatic rings. The number of furan rings is 1. The molecular formula is C21H25N3O6. The fraction of sp³-hybridized carbons (Fsp3) is 0.381. The van der Waals surface area contributed by atoms with E-state index in [1.165, 1.54) is 18.3 Å². The molecule has 0 aliphatic carbocycles. The number of ether oxygens (including phenoxy) is 1. The number of Topliss-reactive ketones (excluding diaryl/α,β-unsaturated/α-hetero) is 1. The molecule has 0 radical (unpaired) electrons. The van der Waals surface area contributed by atoms with Gasteiger partial charge in [0.25, 0.3) is 5.91 Å². The van der Waals surface area contributed by atoms with Gasteiger partial charge in [-0.25, -0.2) is 4.79 Å². The Kier molecular flexibility index (Phi) is 5.84. The number of quaternary nitrogens is 1. The number of aromatic nitrogens is 1. The smallest absolute Gasteiger partial charge is 0.354 e. The number of likely N-dealkylation sites (tertiary alicyclic amines) is 1. The van der Waals surface area contributed by atoms with Gasteiger partial charge in [0.15, 0.2) is 0 Å². The lowest BCUT2D eigenvalue weighted by atomic mass is 9.97. The van der Waals surface area contributed by atoms with Crippen LogP contribution in [0.4, 0.5) is 0 Å². The Bertz CT molecular complexity index is 1020. The van der Waals surface area contributed by atoms with Crippen LogP contribution in [0.25, 0.3) is 5.76 Å². The van der Waals surface area contributed by atoms with Gasteiger partial charge in [0.1, 0.15) is 17.5 Å². The summed E-state index contributed by atoms with van der Waals surface area (Å²) in [5.74, 6) is -2.47. The Labute approximate surface area is 173 Å². The van der Waals surface area contributed by atoms with Gasteiger partial charge in [0, 0.05) is 11.3 Å². The average Bonchev–Trinajstić information content (AvgIpc) is 3.38. The van der Waals surface area contributed by atoms with Gasteiger partial charge in [-0.2, -0.15) is 0 Å². The number of nitrogens with one attached hydrogen (secondary N) is 2. The van der Waals surface area contributed by atoms with Crippen LogP contribution in [-0.2, 0) is 14.3 Å². The summed E-state index contributed by atoms with van der Waals surface area (Å²) in [6.07, 6.45) is 1.43. The van der Waals surface area contributed by atoms with E-state index < -0.39 is 29.5 Å². The maximum absolute atomic E-state index is 13.5. The molecule has 2 aromatic heterocycles. The second kappa shape index (κ2) is 8.19. The molecule has 9 heteroatoms. The minimum absolute atomic E-state index is 0.137. The number of ketones is 1. The first-order valence-corrected chi connectivity index (χ1v) is 9.55. The number of carbonyl (C=O) groups is 3. The van der Waals surface area contributed by atoms with Crippen LogP contribution in [-0.4, -0.2) is 61.8 Å². The number of hydrogen-bond donors (Lipinski definition) is 2. The summed E-state index contributed by atoms with van der Waals surface area (Å²) in [6.45, 7) is 4.10. The molecule has 1 saturated heterocycles. The van der Waals surface area contributed by atoms with Crippen molar-refractivity contribution in [3.05, 3.63) is 52.2 Å². The van der Waals surface area contributed by atoms with Crippen molar-refractivity contribution in [3.63, 3.8) is 0 Å². The molecule has 0 aromatic carbocycles. The van der Waals surface area contributed by atoms with E-state index in [2.05, 4.69) is 4.98 Å². The van der Waals surface area contributed by atoms with Crippen molar-refractivity contribution >= 4 is 23.4 Å². The number of aromatic amines is 1. The fourth-order valence-corrected chi connectivity index (χ4v) is 3.72. The maximum Gasteiger partial charge on any atom is 0.354 e. The largest absolute Gasteiger partial charge is 0.872 e. The monoisotopic (exact) mass is 415 g/mol. The Balaban J connectivity index is 2.18. The Hall–Kier alpha value is -3.33. The quantitative estimate of drug-likeness (QED) is 0.281. The third-order valence-corrected chi connectivity index (χ3v) is 5.25. The predicted octanol–water partition coefficient (Wildman–Crippen LogP) is -0.620. The van der Waals surface area contributed by atoms with Crippen LogP contribution in [0.3, 0.4) is 0 Å². The summed E-state index contributed by atoms with van der Waals surface area (Å²) in [5, 5.41) is 13.5. The van der Waals surface area contributed by atoms with Crippen LogP contribution >= 0.6 is 0 Å². The highest BCUT2D eigenvalue weighted by molar-refractivity contribution is 6.46. The van der Waals surface area contributed by atoms with Crippen LogP contribution in [0.5, 0.6) is 0 Å². The second-order valence-electron chi connectivity index (χ2n) is 7.56. The number of nitrogens with zero attached hydrogens (tertiary/aromatic N) is 1. The number of methoxy groups -OCH3 is 1. The highest BCUT2D eigenvalue weighted by Crippen LogP contribution is 2.39. The van der Waals surface area contributed by atoms with Gasteiger partial charge in [-0.1, -0.05) is 5.76 Å². The number of aryl methyl sites for hydroxylation is 1. The molecule has 9 nitrogen and oxygen atoms in total. The zero-order chi connectivity index (χ0) is 22.2. The highest BCUT2D eigenvalue weighted by Gasteiger charge is 2.46. The van der Waals surface area contributed by atoms with Crippen LogP contribution in [0.2, 0.25) is 0 Å². The number of carbonyl (C=O) groups excluding carboxylic acids is 3. The summed E-state index contributed by atoms with van der Waals surface area (Å²) in [7, 11) is 5.10. The molecule has 1 unspecified atom stereocenters. The molecule has 1 amide bonds. The van der Waals surface area contributed by atoms with Gasteiger partial charge in [-0.05, 0) is 37.1 Å². The molecular weight excluding hydrogens is 390 g/mol. The van der Waals surface area contributed by atoms with E-state index in [0.717, 1.165) is 4.90 Å². The first-order valence-electron chi connectivity index (χ1n) is 9.55. The average molecular weight is 415 g/mol. The van der Waals surface area contributed by atoms with Crippen LogP contribution in [0.15, 0.2) is 28.4 Å². The van der Waals surface area contributed by atoms with Gasteiger partial charge in [0.05, 0.1) is 40.6 Å². The van der Waals surface area contributed by atoms with Crippen molar-refractivity contribution in [2.45, 2.75) is 19.9 Å². The van der Waals surface area contributed by atoms with E-state index in [1.807, 2.05) is 14.1 Å². The van der Waals surface area contributed by atoms with Gasteiger partial charge in [-0.3, -0.25) is 9.59 Å². The topological polar surface area (TPSA) is 120 Å². The van der Waals surface area contributed by atoms with Gasteiger partial charge in [0.2, 0.25) is 5.78 Å². The number of amides is 1. The standard InChI is InChI=1S/C21H25N3O6/c1-11-14(12(2)22-16(11)21(28)29-5)18(25)15-17(13-7-6-10-30-13)24(9-8-23(3)4)20(27)19(15)26/h6-7,10,17,22,25H,8-9H2,1-5H3. The van der Waals surface area contributed by atoms with Gasteiger partial charge >= 0.3 is 5.97 Å². The van der Waals surface area contributed by atoms with E-state index in [1.54, 1.807) is 26.0 Å². The number of esters is 1. The van der Waals surface area contributed by atoms with Crippen molar-refractivity contribution in [2.24, 2.45) is 0 Å². The van der Waals surface area contributed by atoms with Crippen molar-refractivity contribution in [3.8, 4) is 0 Å². The van der Waals surface area contributed by atoms with E-state index in [0.29, 0.717) is 23.6 Å². The first-order chi connectivity index (χ1) is 14.2. The van der Waals surface area contributed by atoms with Gasteiger partial charge in [-0.15, -0.1) is 0 Å². The summed E-state index contributed by atoms with van der Waals surface area (Å²) in [4.78, 5) is 43.0. The van der Waals surface area contributed by atoms with Crippen molar-refractivity contribution in [1.29, 1.82) is 0 Å².